The monoisotopic (exact) mass is 515 g/mol. The van der Waals surface area contributed by atoms with E-state index in [1.807, 2.05) is 67.6 Å². The summed E-state index contributed by atoms with van der Waals surface area (Å²) in [6.07, 6.45) is 0.972. The van der Waals surface area contributed by atoms with Crippen molar-refractivity contribution in [2.24, 2.45) is 0 Å². The van der Waals surface area contributed by atoms with Gasteiger partial charge in [0.15, 0.2) is 5.16 Å². The molecule has 0 aliphatic heterocycles. The number of hydrogen-bond acceptors (Lipinski definition) is 5. The third-order valence-corrected chi connectivity index (χ3v) is 7.02. The minimum absolute atomic E-state index is 0.0599. The maximum absolute atomic E-state index is 12.5. The van der Waals surface area contributed by atoms with Gasteiger partial charge in [-0.25, -0.2) is 4.98 Å². The summed E-state index contributed by atoms with van der Waals surface area (Å²) >= 11 is 1.65. The van der Waals surface area contributed by atoms with Gasteiger partial charge in [0.25, 0.3) is 5.91 Å². The zero-order valence-electron chi connectivity index (χ0n) is 21.8. The summed E-state index contributed by atoms with van der Waals surface area (Å²) in [5, 5.41) is 3.96. The number of aromatic nitrogens is 2. The van der Waals surface area contributed by atoms with Gasteiger partial charge in [0, 0.05) is 35.5 Å². The summed E-state index contributed by atoms with van der Waals surface area (Å²) in [7, 11) is 3.34. The van der Waals surface area contributed by atoms with E-state index in [9.17, 15) is 4.79 Å². The SMILES string of the molecule is CCCn1c(SCCNC(=O)c2ccc(C)cc2)nc(-c2ccc(OC)cc2)c1-c1ccc(OC)cc1. The van der Waals surface area contributed by atoms with Crippen LogP contribution >= 0.6 is 11.8 Å². The molecule has 0 unspecified atom stereocenters. The second-order valence-electron chi connectivity index (χ2n) is 8.67. The number of thioether (sulfide) groups is 1. The lowest BCUT2D eigenvalue weighted by Gasteiger charge is -2.13. The van der Waals surface area contributed by atoms with E-state index in [1.54, 1.807) is 26.0 Å². The molecule has 7 heteroatoms. The van der Waals surface area contributed by atoms with Crippen molar-refractivity contribution < 1.29 is 14.3 Å². The number of imidazole rings is 1. The topological polar surface area (TPSA) is 65.4 Å². The average Bonchev–Trinajstić information content (AvgIpc) is 3.29. The van der Waals surface area contributed by atoms with Crippen molar-refractivity contribution in [1.29, 1.82) is 0 Å². The Bertz CT molecular complexity index is 1310. The summed E-state index contributed by atoms with van der Waals surface area (Å²) in [6.45, 7) is 5.56. The van der Waals surface area contributed by atoms with Gasteiger partial charge in [0.05, 0.1) is 25.6 Å². The molecule has 6 nitrogen and oxygen atoms in total. The van der Waals surface area contributed by atoms with Crippen molar-refractivity contribution in [3.63, 3.8) is 0 Å². The average molecular weight is 516 g/mol. The zero-order chi connectivity index (χ0) is 26.2. The van der Waals surface area contributed by atoms with Crippen LogP contribution in [0.3, 0.4) is 0 Å². The third-order valence-electron chi connectivity index (χ3n) is 6.04. The van der Waals surface area contributed by atoms with E-state index in [1.165, 1.54) is 0 Å². The highest BCUT2D eigenvalue weighted by atomic mass is 32.2. The molecule has 0 atom stereocenters. The summed E-state index contributed by atoms with van der Waals surface area (Å²) in [5.41, 5.74) is 5.90. The molecule has 0 saturated carbocycles. The molecule has 192 valence electrons. The first-order valence-corrected chi connectivity index (χ1v) is 13.4. The first-order valence-electron chi connectivity index (χ1n) is 12.4. The highest BCUT2D eigenvalue weighted by Gasteiger charge is 2.20. The molecular formula is C30H33N3O3S. The second-order valence-corrected chi connectivity index (χ2v) is 9.73. The zero-order valence-corrected chi connectivity index (χ0v) is 22.6. The van der Waals surface area contributed by atoms with Crippen molar-refractivity contribution in [2.45, 2.75) is 32.0 Å². The van der Waals surface area contributed by atoms with Gasteiger partial charge in [0.1, 0.15) is 11.5 Å². The lowest BCUT2D eigenvalue weighted by Crippen LogP contribution is -2.25. The lowest BCUT2D eigenvalue weighted by molar-refractivity contribution is 0.0956. The van der Waals surface area contributed by atoms with Gasteiger partial charge in [-0.1, -0.05) is 36.4 Å². The molecule has 37 heavy (non-hydrogen) atoms. The first kappa shape index (κ1) is 26.4. The Morgan fingerprint density at radius 2 is 1.49 bits per heavy atom. The molecule has 0 bridgehead atoms. The Labute approximate surface area is 223 Å². The fourth-order valence-electron chi connectivity index (χ4n) is 4.08. The predicted molar refractivity (Wildman–Crippen MR) is 151 cm³/mol. The van der Waals surface area contributed by atoms with Gasteiger partial charge in [-0.2, -0.15) is 0 Å². The summed E-state index contributed by atoms with van der Waals surface area (Å²) in [5.74, 6) is 2.27. The van der Waals surface area contributed by atoms with Crippen molar-refractivity contribution in [3.05, 3.63) is 83.9 Å². The summed E-state index contributed by atoms with van der Waals surface area (Å²) < 4.78 is 13.0. The molecule has 1 aromatic heterocycles. The molecule has 0 radical (unpaired) electrons. The Morgan fingerprint density at radius 1 is 0.892 bits per heavy atom. The van der Waals surface area contributed by atoms with Crippen LogP contribution in [0.25, 0.3) is 22.5 Å². The van der Waals surface area contributed by atoms with E-state index in [2.05, 4.69) is 28.9 Å². The molecule has 4 rings (SSSR count). The normalized spacial score (nSPS) is 10.8. The molecule has 0 aliphatic carbocycles. The molecule has 0 spiro atoms. The van der Waals surface area contributed by atoms with Crippen LogP contribution in [-0.4, -0.2) is 42.0 Å². The van der Waals surface area contributed by atoms with E-state index in [4.69, 9.17) is 14.5 Å². The maximum atomic E-state index is 12.5. The van der Waals surface area contributed by atoms with Crippen LogP contribution in [0.2, 0.25) is 0 Å². The van der Waals surface area contributed by atoms with E-state index in [-0.39, 0.29) is 5.91 Å². The highest BCUT2D eigenvalue weighted by Crippen LogP contribution is 2.37. The standard InChI is InChI=1S/C30H33N3O3S/c1-5-19-33-28(23-12-16-26(36-4)17-13-23)27(22-10-14-25(35-3)15-11-22)32-30(33)37-20-18-31-29(34)24-8-6-21(2)7-9-24/h6-17H,5,18-20H2,1-4H3,(H,31,34). The van der Waals surface area contributed by atoms with Gasteiger partial charge in [-0.3, -0.25) is 4.79 Å². The number of ether oxygens (including phenoxy) is 2. The Balaban J connectivity index is 1.60. The smallest absolute Gasteiger partial charge is 0.251 e. The van der Waals surface area contributed by atoms with Crippen LogP contribution in [0.5, 0.6) is 11.5 Å². The van der Waals surface area contributed by atoms with Crippen LogP contribution in [0.4, 0.5) is 0 Å². The molecule has 0 saturated heterocycles. The number of nitrogens with zero attached hydrogens (tertiary/aromatic N) is 2. The summed E-state index contributed by atoms with van der Waals surface area (Å²) in [4.78, 5) is 17.6. The number of methoxy groups -OCH3 is 2. The molecule has 3 aromatic carbocycles. The van der Waals surface area contributed by atoms with Crippen LogP contribution in [0, 0.1) is 6.92 Å². The van der Waals surface area contributed by atoms with Gasteiger partial charge in [-0.05, 0) is 74.0 Å². The number of rotatable bonds is 11. The Hall–Kier alpha value is -3.71. The number of nitrogens with one attached hydrogen (secondary N) is 1. The van der Waals surface area contributed by atoms with E-state index in [0.717, 1.165) is 57.7 Å². The van der Waals surface area contributed by atoms with Crippen LogP contribution in [-0.2, 0) is 6.54 Å². The van der Waals surface area contributed by atoms with Gasteiger partial charge < -0.3 is 19.4 Å². The number of benzene rings is 3. The fourth-order valence-corrected chi connectivity index (χ4v) is 4.96. The number of carbonyl (C=O) groups excluding carboxylic acids is 1. The third kappa shape index (κ3) is 6.35. The van der Waals surface area contributed by atoms with Crippen molar-refractivity contribution in [3.8, 4) is 34.0 Å². The molecule has 4 aromatic rings. The van der Waals surface area contributed by atoms with Gasteiger partial charge >= 0.3 is 0 Å². The van der Waals surface area contributed by atoms with E-state index in [0.29, 0.717) is 17.9 Å². The van der Waals surface area contributed by atoms with Gasteiger partial charge in [-0.15, -0.1) is 0 Å². The van der Waals surface area contributed by atoms with Crippen molar-refractivity contribution >= 4 is 17.7 Å². The minimum Gasteiger partial charge on any atom is -0.497 e. The first-order chi connectivity index (χ1) is 18.0. The number of hydrogen-bond donors (Lipinski definition) is 1. The molecule has 0 aliphatic rings. The molecule has 0 fully saturated rings. The molecular weight excluding hydrogens is 482 g/mol. The van der Waals surface area contributed by atoms with Crippen molar-refractivity contribution in [1.82, 2.24) is 14.9 Å². The van der Waals surface area contributed by atoms with Crippen LogP contribution in [0.1, 0.15) is 29.3 Å². The second kappa shape index (κ2) is 12.5. The van der Waals surface area contributed by atoms with Crippen LogP contribution < -0.4 is 14.8 Å². The highest BCUT2D eigenvalue weighted by molar-refractivity contribution is 7.99. The quantitative estimate of drug-likeness (QED) is 0.183. The van der Waals surface area contributed by atoms with E-state index >= 15 is 0 Å². The Morgan fingerprint density at radius 3 is 2.05 bits per heavy atom. The number of carbonyl (C=O) groups is 1. The minimum atomic E-state index is -0.0599. The number of amides is 1. The van der Waals surface area contributed by atoms with Gasteiger partial charge in [0.2, 0.25) is 0 Å². The lowest BCUT2D eigenvalue weighted by atomic mass is 10.0. The molecule has 1 amide bonds. The molecule has 1 heterocycles. The van der Waals surface area contributed by atoms with E-state index < -0.39 is 0 Å². The largest absolute Gasteiger partial charge is 0.497 e. The molecule has 1 N–H and O–H groups in total. The Kier molecular flexibility index (Phi) is 8.90. The predicted octanol–water partition coefficient (Wildman–Crippen LogP) is 6.47. The summed E-state index contributed by atoms with van der Waals surface area (Å²) in [6, 6.07) is 23.7. The fraction of sp³-hybridized carbons (Fsp3) is 0.267. The number of aryl methyl sites for hydroxylation is 1. The van der Waals surface area contributed by atoms with Crippen LogP contribution in [0.15, 0.2) is 78.0 Å². The maximum Gasteiger partial charge on any atom is 0.251 e. The van der Waals surface area contributed by atoms with Crippen molar-refractivity contribution in [2.75, 3.05) is 26.5 Å².